The van der Waals surface area contributed by atoms with E-state index in [4.69, 9.17) is 0 Å². The summed E-state index contributed by atoms with van der Waals surface area (Å²) >= 11 is 0. The van der Waals surface area contributed by atoms with Crippen LogP contribution in [0.15, 0.2) is 5.10 Å². The highest BCUT2D eigenvalue weighted by atomic mass is 19.1. The van der Waals surface area contributed by atoms with Gasteiger partial charge in [0, 0.05) is 25.9 Å². The van der Waals surface area contributed by atoms with Crippen LogP contribution >= 0.6 is 0 Å². The molecular weight excluding hydrogens is 223 g/mol. The van der Waals surface area contributed by atoms with Gasteiger partial charge in [-0.15, -0.1) is 5.10 Å². The number of rotatable bonds is 4. The third-order valence-electron chi connectivity index (χ3n) is 3.05. The van der Waals surface area contributed by atoms with Crippen LogP contribution in [-0.4, -0.2) is 48.6 Å². The van der Waals surface area contributed by atoms with Crippen LogP contribution in [0.1, 0.15) is 27.2 Å². The predicted octanol–water partition coefficient (Wildman–Crippen LogP) is 0.983. The Hall–Kier alpha value is -1.17. The third-order valence-corrected chi connectivity index (χ3v) is 3.05. The van der Waals surface area contributed by atoms with Crippen molar-refractivity contribution >= 4 is 11.7 Å². The number of hydrogen-bond donors (Lipinski definition) is 1. The van der Waals surface area contributed by atoms with E-state index in [1.807, 2.05) is 6.92 Å². The number of hydrogen-bond acceptors (Lipinski definition) is 4. The molecule has 1 heterocycles. The lowest BCUT2D eigenvalue weighted by Crippen LogP contribution is -2.61. The molecule has 1 rings (SSSR count). The Bertz CT molecular complexity index is 329. The molecule has 0 saturated heterocycles. The fraction of sp³-hybridized carbons (Fsp3) is 0.818. The minimum Gasteiger partial charge on any atom is -0.300 e. The molecule has 6 heteroatoms. The van der Waals surface area contributed by atoms with E-state index in [-0.39, 0.29) is 5.91 Å². The Kier molecular flexibility index (Phi) is 4.08. The number of amidine groups is 1. The van der Waals surface area contributed by atoms with E-state index in [1.54, 1.807) is 27.9 Å². The van der Waals surface area contributed by atoms with E-state index in [0.717, 1.165) is 0 Å². The lowest BCUT2D eigenvalue weighted by molar-refractivity contribution is -0.141. The summed E-state index contributed by atoms with van der Waals surface area (Å²) in [6.45, 7) is 4.80. The van der Waals surface area contributed by atoms with Gasteiger partial charge in [-0.1, -0.05) is 20.8 Å². The summed E-state index contributed by atoms with van der Waals surface area (Å²) < 4.78 is 13.1. The minimum atomic E-state index is -0.781. The van der Waals surface area contributed by atoms with Gasteiger partial charge in [-0.2, -0.15) is 0 Å². The predicted molar refractivity (Wildman–Crippen MR) is 64.9 cm³/mol. The van der Waals surface area contributed by atoms with Gasteiger partial charge in [-0.25, -0.2) is 10.5 Å². The number of hydrazine groups is 1. The molecule has 1 unspecified atom stereocenters. The molecule has 0 aromatic heterocycles. The molecule has 1 N–H and O–H groups in total. The lowest BCUT2D eigenvalue weighted by atomic mass is 9.84. The number of likely N-dealkylation sites (N-methyl/N-ethyl adjacent to an activating group) is 1. The van der Waals surface area contributed by atoms with Gasteiger partial charge in [-0.3, -0.25) is 9.18 Å². The summed E-state index contributed by atoms with van der Waals surface area (Å²) in [5, 5.41) is 5.78. The maximum absolute atomic E-state index is 13.1. The standard InChI is InChI=1S/C11H21FN4O/c1-6-8-14-16(13-4)9(10(17)15(8)5)11(2,3)7-12/h9,13H,6-7H2,1-5H3. The number of halogens is 1. The van der Waals surface area contributed by atoms with Crippen LogP contribution in [0.3, 0.4) is 0 Å². The van der Waals surface area contributed by atoms with Crippen molar-refractivity contribution in [3.8, 4) is 0 Å². The van der Waals surface area contributed by atoms with Crippen LogP contribution in [0.4, 0.5) is 4.39 Å². The van der Waals surface area contributed by atoms with Crippen LogP contribution in [0.5, 0.6) is 0 Å². The van der Waals surface area contributed by atoms with Gasteiger partial charge in [0.2, 0.25) is 0 Å². The van der Waals surface area contributed by atoms with Crippen LogP contribution in [0.2, 0.25) is 0 Å². The van der Waals surface area contributed by atoms with Crippen molar-refractivity contribution in [1.82, 2.24) is 15.4 Å². The zero-order valence-corrected chi connectivity index (χ0v) is 11.1. The van der Waals surface area contributed by atoms with Crippen molar-refractivity contribution in [2.75, 3.05) is 20.8 Å². The van der Waals surface area contributed by atoms with E-state index in [9.17, 15) is 9.18 Å². The van der Waals surface area contributed by atoms with Crippen LogP contribution < -0.4 is 5.43 Å². The van der Waals surface area contributed by atoms with Gasteiger partial charge >= 0.3 is 0 Å². The molecule has 5 nitrogen and oxygen atoms in total. The highest BCUT2D eigenvalue weighted by Gasteiger charge is 2.44. The van der Waals surface area contributed by atoms with Gasteiger partial charge in [0.25, 0.3) is 5.91 Å². The van der Waals surface area contributed by atoms with Crippen LogP contribution in [0.25, 0.3) is 0 Å². The molecule has 0 aliphatic carbocycles. The van der Waals surface area contributed by atoms with E-state index >= 15 is 0 Å². The molecule has 0 saturated carbocycles. The van der Waals surface area contributed by atoms with Gasteiger partial charge < -0.3 is 4.90 Å². The van der Waals surface area contributed by atoms with Gasteiger partial charge in [0.05, 0.1) is 6.67 Å². The monoisotopic (exact) mass is 244 g/mol. The van der Waals surface area contributed by atoms with E-state index < -0.39 is 18.1 Å². The van der Waals surface area contributed by atoms with Gasteiger partial charge in [0.15, 0.2) is 6.04 Å². The zero-order chi connectivity index (χ0) is 13.2. The Morgan fingerprint density at radius 2 is 2.12 bits per heavy atom. The molecule has 0 bridgehead atoms. The smallest absolute Gasteiger partial charge is 0.254 e. The van der Waals surface area contributed by atoms with Crippen molar-refractivity contribution in [2.45, 2.75) is 33.2 Å². The van der Waals surface area contributed by atoms with Crippen molar-refractivity contribution in [3.63, 3.8) is 0 Å². The van der Waals surface area contributed by atoms with E-state index in [1.165, 1.54) is 10.0 Å². The SMILES string of the molecule is CCC1=NN(NC)C(C(C)(C)CF)C(=O)N1C. The molecule has 1 aliphatic heterocycles. The number of amides is 1. The van der Waals surface area contributed by atoms with E-state index in [0.29, 0.717) is 12.3 Å². The summed E-state index contributed by atoms with van der Waals surface area (Å²) in [7, 11) is 3.36. The molecular formula is C11H21FN4O. The number of nitrogens with one attached hydrogen (secondary N) is 1. The number of carbonyl (C=O) groups excluding carboxylic acids is 1. The molecule has 1 aliphatic rings. The topological polar surface area (TPSA) is 47.9 Å². The molecule has 0 aromatic carbocycles. The normalized spacial score (nSPS) is 21.9. The maximum atomic E-state index is 13.1. The molecule has 1 atom stereocenters. The first-order chi connectivity index (χ1) is 7.88. The first-order valence-electron chi connectivity index (χ1n) is 5.76. The Balaban J connectivity index is 3.14. The van der Waals surface area contributed by atoms with Crippen molar-refractivity contribution in [1.29, 1.82) is 0 Å². The second-order valence-electron chi connectivity index (χ2n) is 4.86. The fourth-order valence-corrected chi connectivity index (χ4v) is 1.89. The maximum Gasteiger partial charge on any atom is 0.254 e. The molecule has 1 amide bonds. The summed E-state index contributed by atoms with van der Waals surface area (Å²) in [5.41, 5.74) is 2.06. The first-order valence-corrected chi connectivity index (χ1v) is 5.76. The number of hydrazone groups is 1. The van der Waals surface area contributed by atoms with Crippen molar-refractivity contribution < 1.29 is 9.18 Å². The largest absolute Gasteiger partial charge is 0.300 e. The average molecular weight is 244 g/mol. The first kappa shape index (κ1) is 13.9. The lowest BCUT2D eigenvalue weighted by Gasteiger charge is -2.42. The van der Waals surface area contributed by atoms with E-state index in [2.05, 4.69) is 10.5 Å². The molecule has 17 heavy (non-hydrogen) atoms. The highest BCUT2D eigenvalue weighted by molar-refractivity contribution is 6.01. The van der Waals surface area contributed by atoms with Gasteiger partial charge in [0.1, 0.15) is 5.84 Å². The highest BCUT2D eigenvalue weighted by Crippen LogP contribution is 2.29. The minimum absolute atomic E-state index is 0.131. The Labute approximate surface area is 102 Å². The fourth-order valence-electron chi connectivity index (χ4n) is 1.89. The second kappa shape index (κ2) is 5.00. The summed E-state index contributed by atoms with van der Waals surface area (Å²) in [6.07, 6.45) is 0.656. The third kappa shape index (κ3) is 2.41. The van der Waals surface area contributed by atoms with Crippen LogP contribution in [-0.2, 0) is 4.79 Å². The van der Waals surface area contributed by atoms with Crippen molar-refractivity contribution in [3.05, 3.63) is 0 Å². The molecule has 0 fully saturated rings. The number of nitrogens with zero attached hydrogens (tertiary/aromatic N) is 3. The van der Waals surface area contributed by atoms with Crippen molar-refractivity contribution in [2.24, 2.45) is 10.5 Å². The quantitative estimate of drug-likeness (QED) is 0.802. The number of alkyl halides is 1. The Morgan fingerprint density at radius 1 is 1.53 bits per heavy atom. The summed E-state index contributed by atoms with van der Waals surface area (Å²) in [4.78, 5) is 13.8. The van der Waals surface area contributed by atoms with Gasteiger partial charge in [-0.05, 0) is 0 Å². The average Bonchev–Trinajstić information content (AvgIpc) is 2.31. The molecule has 0 radical (unpaired) electrons. The molecule has 98 valence electrons. The van der Waals surface area contributed by atoms with Crippen LogP contribution in [0, 0.1) is 5.41 Å². The zero-order valence-electron chi connectivity index (χ0n) is 11.1. The molecule has 0 spiro atoms. The summed E-state index contributed by atoms with van der Waals surface area (Å²) in [6, 6.07) is -0.627. The second-order valence-corrected chi connectivity index (χ2v) is 4.86. The Morgan fingerprint density at radius 3 is 2.53 bits per heavy atom. The number of carbonyl (C=O) groups is 1. The summed E-state index contributed by atoms with van der Waals surface area (Å²) in [5.74, 6) is 0.545. The molecule has 0 aromatic rings.